The molecule has 0 aliphatic carbocycles. The first-order chi connectivity index (χ1) is 9.10. The molecule has 0 spiro atoms. The number of ether oxygens (including phenoxy) is 1. The van der Waals surface area contributed by atoms with E-state index >= 15 is 0 Å². The van der Waals surface area contributed by atoms with Crippen LogP contribution in [0.4, 0.5) is 0 Å². The Labute approximate surface area is 135 Å². The fourth-order valence-corrected chi connectivity index (χ4v) is 2.65. The summed E-state index contributed by atoms with van der Waals surface area (Å²) in [7, 11) is 0. The van der Waals surface area contributed by atoms with Gasteiger partial charge in [0.2, 0.25) is 0 Å². The van der Waals surface area contributed by atoms with Crippen LogP contribution in [0.3, 0.4) is 0 Å². The molecule has 0 heterocycles. The van der Waals surface area contributed by atoms with E-state index in [4.69, 9.17) is 16.3 Å². The molecule has 3 nitrogen and oxygen atoms in total. The Morgan fingerprint density at radius 3 is 2.74 bits per heavy atom. The van der Waals surface area contributed by atoms with Crippen LogP contribution in [0.25, 0.3) is 0 Å². The maximum atomic E-state index is 12.4. The minimum absolute atomic E-state index is 0.0199. The summed E-state index contributed by atoms with van der Waals surface area (Å²) in [6.45, 7) is 4.36. The molecule has 0 N–H and O–H groups in total. The number of likely N-dealkylation sites (N-methyl/N-ethyl adjacent to an activating group) is 1. The first-order valence-corrected chi connectivity index (χ1v) is 8.27. The summed E-state index contributed by atoms with van der Waals surface area (Å²) in [5, 5.41) is 1.41. The molecule has 1 rings (SSSR count). The predicted molar refractivity (Wildman–Crippen MR) is 85.3 cm³/mol. The van der Waals surface area contributed by atoms with Gasteiger partial charge in [-0.2, -0.15) is 0 Å². The predicted octanol–water partition coefficient (Wildman–Crippen LogP) is 3.98. The first kappa shape index (κ1) is 17.0. The number of benzene rings is 1. The van der Waals surface area contributed by atoms with Gasteiger partial charge in [0, 0.05) is 27.9 Å². The zero-order valence-corrected chi connectivity index (χ0v) is 14.6. The molecule has 1 amide bonds. The van der Waals surface area contributed by atoms with E-state index in [1.54, 1.807) is 23.1 Å². The first-order valence-electron chi connectivity index (χ1n) is 5.98. The number of rotatable bonds is 7. The number of amides is 1. The highest BCUT2D eigenvalue weighted by Gasteiger charge is 2.16. The largest absolute Gasteiger partial charge is 0.379 e. The fraction of sp³-hybridized carbons (Fsp3) is 0.462. The van der Waals surface area contributed by atoms with Gasteiger partial charge in [-0.3, -0.25) is 4.79 Å². The highest BCUT2D eigenvalue weighted by Crippen LogP contribution is 2.22. The van der Waals surface area contributed by atoms with Crippen LogP contribution in [-0.2, 0) is 4.74 Å². The molecule has 0 atom stereocenters. The molecular formula is C13H16Br2ClNO2. The van der Waals surface area contributed by atoms with Gasteiger partial charge in [0.1, 0.15) is 0 Å². The number of hydrogen-bond donors (Lipinski definition) is 0. The Morgan fingerprint density at radius 1 is 1.42 bits per heavy atom. The third kappa shape index (κ3) is 5.42. The summed E-state index contributed by atoms with van der Waals surface area (Å²) >= 11 is 12.5. The zero-order chi connectivity index (χ0) is 14.3. The third-order valence-corrected chi connectivity index (χ3v) is 3.77. The molecule has 0 fully saturated rings. The Balaban J connectivity index is 2.67. The SMILES string of the molecule is CCN(CCOCCBr)C(=O)c1ccc(Cl)cc1Br. The van der Waals surface area contributed by atoms with Gasteiger partial charge in [0.05, 0.1) is 18.8 Å². The molecule has 106 valence electrons. The van der Waals surface area contributed by atoms with Crippen molar-refractivity contribution >= 4 is 49.4 Å². The van der Waals surface area contributed by atoms with E-state index in [1.807, 2.05) is 6.92 Å². The van der Waals surface area contributed by atoms with Gasteiger partial charge >= 0.3 is 0 Å². The molecule has 0 aromatic heterocycles. The zero-order valence-electron chi connectivity index (χ0n) is 10.7. The summed E-state index contributed by atoms with van der Waals surface area (Å²) in [6, 6.07) is 5.18. The summed E-state index contributed by atoms with van der Waals surface area (Å²) in [6.07, 6.45) is 0. The number of hydrogen-bond acceptors (Lipinski definition) is 2. The van der Waals surface area contributed by atoms with Crippen LogP contribution < -0.4 is 0 Å². The van der Waals surface area contributed by atoms with E-state index < -0.39 is 0 Å². The maximum absolute atomic E-state index is 12.4. The minimum Gasteiger partial charge on any atom is -0.379 e. The topological polar surface area (TPSA) is 29.5 Å². The number of halogens is 3. The summed E-state index contributed by atoms with van der Waals surface area (Å²) in [4.78, 5) is 14.1. The van der Waals surface area contributed by atoms with Crippen molar-refractivity contribution < 1.29 is 9.53 Å². The lowest BCUT2D eigenvalue weighted by Gasteiger charge is -2.21. The van der Waals surface area contributed by atoms with Gasteiger partial charge in [0.25, 0.3) is 5.91 Å². The average molecular weight is 414 g/mol. The summed E-state index contributed by atoms with van der Waals surface area (Å²) in [5.41, 5.74) is 0.617. The van der Waals surface area contributed by atoms with Crippen LogP contribution in [0.15, 0.2) is 22.7 Å². The van der Waals surface area contributed by atoms with Crippen LogP contribution in [0.2, 0.25) is 5.02 Å². The molecule has 0 aliphatic rings. The summed E-state index contributed by atoms with van der Waals surface area (Å²) < 4.78 is 6.09. The average Bonchev–Trinajstić information content (AvgIpc) is 2.38. The van der Waals surface area contributed by atoms with Crippen molar-refractivity contribution in [1.82, 2.24) is 4.90 Å². The van der Waals surface area contributed by atoms with E-state index in [9.17, 15) is 4.79 Å². The Kier molecular flexibility index (Phi) is 7.99. The van der Waals surface area contributed by atoms with Crippen molar-refractivity contribution in [3.8, 4) is 0 Å². The molecular weight excluding hydrogens is 397 g/mol. The highest BCUT2D eigenvalue weighted by atomic mass is 79.9. The van der Waals surface area contributed by atoms with Crippen molar-refractivity contribution in [3.05, 3.63) is 33.3 Å². The summed E-state index contributed by atoms with van der Waals surface area (Å²) in [5.74, 6) is -0.0199. The maximum Gasteiger partial charge on any atom is 0.255 e. The van der Waals surface area contributed by atoms with E-state index in [0.29, 0.717) is 41.4 Å². The Hall–Kier alpha value is -0.100. The van der Waals surface area contributed by atoms with Crippen LogP contribution in [0.5, 0.6) is 0 Å². The van der Waals surface area contributed by atoms with Gasteiger partial charge in [-0.15, -0.1) is 0 Å². The normalized spacial score (nSPS) is 10.5. The van der Waals surface area contributed by atoms with Crippen LogP contribution in [-0.4, -0.2) is 42.4 Å². The Morgan fingerprint density at radius 2 is 2.16 bits per heavy atom. The van der Waals surface area contributed by atoms with E-state index in [-0.39, 0.29) is 5.91 Å². The molecule has 19 heavy (non-hydrogen) atoms. The standard InChI is InChI=1S/C13H16Br2ClNO2/c1-2-17(6-8-19-7-5-14)13(18)11-4-3-10(16)9-12(11)15/h3-4,9H,2,5-8H2,1H3. The molecule has 0 unspecified atom stereocenters. The quantitative estimate of drug-likeness (QED) is 0.500. The van der Waals surface area contributed by atoms with E-state index in [1.165, 1.54) is 0 Å². The monoisotopic (exact) mass is 411 g/mol. The van der Waals surface area contributed by atoms with Gasteiger partial charge in [-0.25, -0.2) is 0 Å². The second kappa shape index (κ2) is 8.95. The number of alkyl halides is 1. The Bertz CT molecular complexity index is 429. The highest BCUT2D eigenvalue weighted by molar-refractivity contribution is 9.10. The smallest absolute Gasteiger partial charge is 0.255 e. The molecule has 0 radical (unpaired) electrons. The molecule has 1 aromatic carbocycles. The number of carbonyl (C=O) groups is 1. The second-order valence-electron chi connectivity index (χ2n) is 3.81. The van der Waals surface area contributed by atoms with Crippen molar-refractivity contribution in [3.63, 3.8) is 0 Å². The molecule has 0 aliphatic heterocycles. The van der Waals surface area contributed by atoms with Crippen LogP contribution in [0.1, 0.15) is 17.3 Å². The van der Waals surface area contributed by atoms with Crippen molar-refractivity contribution in [1.29, 1.82) is 0 Å². The molecule has 0 saturated heterocycles. The number of nitrogens with zero attached hydrogens (tertiary/aromatic N) is 1. The van der Waals surface area contributed by atoms with E-state index in [2.05, 4.69) is 31.9 Å². The lowest BCUT2D eigenvalue weighted by Crippen LogP contribution is -2.34. The van der Waals surface area contributed by atoms with Gasteiger partial charge in [-0.1, -0.05) is 27.5 Å². The number of carbonyl (C=O) groups excluding carboxylic acids is 1. The molecule has 6 heteroatoms. The minimum atomic E-state index is -0.0199. The molecule has 1 aromatic rings. The second-order valence-corrected chi connectivity index (χ2v) is 5.89. The van der Waals surface area contributed by atoms with Gasteiger partial charge < -0.3 is 9.64 Å². The van der Waals surface area contributed by atoms with Gasteiger partial charge in [0.15, 0.2) is 0 Å². The van der Waals surface area contributed by atoms with Crippen LogP contribution >= 0.6 is 43.5 Å². The van der Waals surface area contributed by atoms with Crippen LogP contribution in [0, 0.1) is 0 Å². The fourth-order valence-electron chi connectivity index (χ4n) is 1.57. The lowest BCUT2D eigenvalue weighted by molar-refractivity contribution is 0.0671. The van der Waals surface area contributed by atoms with E-state index in [0.717, 1.165) is 5.33 Å². The van der Waals surface area contributed by atoms with Gasteiger partial charge in [-0.05, 0) is 41.1 Å². The molecule has 0 saturated carbocycles. The molecule has 0 bridgehead atoms. The third-order valence-electron chi connectivity index (χ3n) is 2.56. The van der Waals surface area contributed by atoms with Crippen molar-refractivity contribution in [2.75, 3.05) is 31.6 Å². The van der Waals surface area contributed by atoms with Crippen molar-refractivity contribution in [2.45, 2.75) is 6.92 Å². The lowest BCUT2D eigenvalue weighted by atomic mass is 10.2. The van der Waals surface area contributed by atoms with Crippen molar-refractivity contribution in [2.24, 2.45) is 0 Å².